The van der Waals surface area contributed by atoms with Crippen molar-refractivity contribution in [2.75, 3.05) is 6.54 Å². The monoisotopic (exact) mass is 445 g/mol. The first-order valence-corrected chi connectivity index (χ1v) is 12.7. The van der Waals surface area contributed by atoms with Crippen LogP contribution in [-0.2, 0) is 9.84 Å². The number of carbonyl (C=O) groups is 1. The summed E-state index contributed by atoms with van der Waals surface area (Å²) in [4.78, 5) is 13.1. The second-order valence-corrected chi connectivity index (χ2v) is 11.6. The van der Waals surface area contributed by atoms with Gasteiger partial charge in [-0.25, -0.2) is 8.42 Å². The molecular formula is C27H27NO3S. The Balaban J connectivity index is 1.35. The molecule has 3 aromatic rings. The van der Waals surface area contributed by atoms with Crippen LogP contribution in [0, 0.1) is 5.92 Å². The Morgan fingerprint density at radius 3 is 1.94 bits per heavy atom. The Morgan fingerprint density at radius 2 is 1.41 bits per heavy atom. The predicted molar refractivity (Wildman–Crippen MR) is 126 cm³/mol. The second kappa shape index (κ2) is 7.89. The Hall–Kier alpha value is -2.92. The van der Waals surface area contributed by atoms with Crippen molar-refractivity contribution < 1.29 is 13.2 Å². The molecule has 0 saturated carbocycles. The first-order chi connectivity index (χ1) is 15.4. The smallest absolute Gasteiger partial charge is 0.251 e. The predicted octanol–water partition coefficient (Wildman–Crippen LogP) is 4.90. The molecule has 0 heterocycles. The van der Waals surface area contributed by atoms with Crippen LogP contribution in [0.25, 0.3) is 0 Å². The van der Waals surface area contributed by atoms with E-state index in [4.69, 9.17) is 0 Å². The first-order valence-electron chi connectivity index (χ1n) is 11.2. The van der Waals surface area contributed by atoms with Gasteiger partial charge < -0.3 is 5.32 Å². The van der Waals surface area contributed by atoms with Crippen LogP contribution in [0.4, 0.5) is 0 Å². The van der Waals surface area contributed by atoms with Crippen molar-refractivity contribution in [1.29, 1.82) is 0 Å². The molecule has 0 fully saturated rings. The molecule has 1 N–H and O–H groups in total. The van der Waals surface area contributed by atoms with E-state index in [2.05, 4.69) is 53.8 Å². The fourth-order valence-electron chi connectivity index (χ4n) is 5.35. The zero-order valence-electron chi connectivity index (χ0n) is 18.3. The molecule has 1 atom stereocenters. The molecule has 1 amide bonds. The molecule has 32 heavy (non-hydrogen) atoms. The minimum absolute atomic E-state index is 0.165. The quantitative estimate of drug-likeness (QED) is 0.608. The lowest BCUT2D eigenvalue weighted by molar-refractivity contribution is 0.0943. The maximum Gasteiger partial charge on any atom is 0.251 e. The molecular weight excluding hydrogens is 418 g/mol. The molecule has 3 aromatic carbocycles. The molecule has 0 spiro atoms. The standard InChI is InChI=1S/C27H27NO3S/c1-17(2)32(30,31)20-13-11-18(12-14-20)27(29)28-16-19-15-25-21-7-3-5-9-23(21)26(19)24-10-6-4-8-22(24)25/h3-14,17,19,25-26H,15-16H2,1-2H3,(H,28,29). The van der Waals surface area contributed by atoms with Crippen molar-refractivity contribution in [3.05, 3.63) is 101 Å². The lowest BCUT2D eigenvalue weighted by Gasteiger charge is -2.45. The van der Waals surface area contributed by atoms with Gasteiger partial charge in [-0.15, -0.1) is 0 Å². The summed E-state index contributed by atoms with van der Waals surface area (Å²) in [6, 6.07) is 23.6. The van der Waals surface area contributed by atoms with Gasteiger partial charge in [0.05, 0.1) is 10.1 Å². The summed E-state index contributed by atoms with van der Waals surface area (Å²) in [5, 5.41) is 2.62. The van der Waals surface area contributed by atoms with Crippen LogP contribution in [0.5, 0.6) is 0 Å². The molecule has 6 rings (SSSR count). The van der Waals surface area contributed by atoms with Crippen molar-refractivity contribution in [2.24, 2.45) is 5.92 Å². The fourth-order valence-corrected chi connectivity index (χ4v) is 6.41. The fraction of sp³-hybridized carbons (Fsp3) is 0.296. The van der Waals surface area contributed by atoms with Crippen LogP contribution in [0.3, 0.4) is 0 Å². The van der Waals surface area contributed by atoms with Gasteiger partial charge in [0.2, 0.25) is 0 Å². The van der Waals surface area contributed by atoms with E-state index < -0.39 is 15.1 Å². The van der Waals surface area contributed by atoms with E-state index in [-0.39, 0.29) is 16.7 Å². The first kappa shape index (κ1) is 21.0. The van der Waals surface area contributed by atoms with Gasteiger partial charge in [-0.3, -0.25) is 4.79 Å². The number of hydrogen-bond donors (Lipinski definition) is 1. The Bertz CT molecular complexity index is 1230. The van der Waals surface area contributed by atoms with E-state index in [0.717, 1.165) is 6.42 Å². The number of fused-ring (bicyclic) bond motifs is 1. The Morgan fingerprint density at radius 1 is 0.875 bits per heavy atom. The SMILES string of the molecule is CC(C)S(=O)(=O)c1ccc(C(=O)NCC2CC3c4ccccc4C2c2ccccc23)cc1. The van der Waals surface area contributed by atoms with Crippen molar-refractivity contribution in [1.82, 2.24) is 5.32 Å². The molecule has 164 valence electrons. The highest BCUT2D eigenvalue weighted by Gasteiger charge is 2.42. The topological polar surface area (TPSA) is 63.2 Å². The third kappa shape index (κ3) is 3.36. The number of carbonyl (C=O) groups excluding carboxylic acids is 1. The zero-order chi connectivity index (χ0) is 22.5. The van der Waals surface area contributed by atoms with E-state index in [0.29, 0.717) is 23.9 Å². The Labute approximate surface area is 189 Å². The summed E-state index contributed by atoms with van der Waals surface area (Å²) in [7, 11) is -3.34. The van der Waals surface area contributed by atoms with Gasteiger partial charge in [-0.2, -0.15) is 0 Å². The third-order valence-electron chi connectivity index (χ3n) is 7.01. The summed E-state index contributed by atoms with van der Waals surface area (Å²) in [5.74, 6) is 0.817. The van der Waals surface area contributed by atoms with Crippen molar-refractivity contribution >= 4 is 15.7 Å². The average molecular weight is 446 g/mol. The lowest BCUT2D eigenvalue weighted by Crippen LogP contribution is -2.39. The highest BCUT2D eigenvalue weighted by Crippen LogP contribution is 2.55. The molecule has 0 aromatic heterocycles. The number of rotatable bonds is 5. The van der Waals surface area contributed by atoms with Crippen LogP contribution >= 0.6 is 0 Å². The van der Waals surface area contributed by atoms with Crippen molar-refractivity contribution in [2.45, 2.75) is 42.2 Å². The summed E-state index contributed by atoms with van der Waals surface area (Å²) in [6.07, 6.45) is 1.02. The van der Waals surface area contributed by atoms with Crippen LogP contribution in [0.1, 0.15) is 64.7 Å². The van der Waals surface area contributed by atoms with Gasteiger partial charge in [-0.05, 0) is 72.7 Å². The number of benzene rings is 3. The van der Waals surface area contributed by atoms with Crippen molar-refractivity contribution in [3.63, 3.8) is 0 Å². The molecule has 0 radical (unpaired) electrons. The van der Waals surface area contributed by atoms with Gasteiger partial charge in [-0.1, -0.05) is 48.5 Å². The van der Waals surface area contributed by atoms with E-state index >= 15 is 0 Å². The highest BCUT2D eigenvalue weighted by molar-refractivity contribution is 7.92. The molecule has 0 aliphatic heterocycles. The normalized spacial score (nSPS) is 21.2. The summed E-state index contributed by atoms with van der Waals surface area (Å²) < 4.78 is 24.6. The van der Waals surface area contributed by atoms with Gasteiger partial charge >= 0.3 is 0 Å². The number of hydrogen-bond acceptors (Lipinski definition) is 3. The molecule has 2 bridgehead atoms. The lowest BCUT2D eigenvalue weighted by atomic mass is 9.59. The number of nitrogens with one attached hydrogen (secondary N) is 1. The average Bonchev–Trinajstić information content (AvgIpc) is 2.82. The van der Waals surface area contributed by atoms with E-state index in [1.165, 1.54) is 34.4 Å². The summed E-state index contributed by atoms with van der Waals surface area (Å²) in [5.41, 5.74) is 6.07. The van der Waals surface area contributed by atoms with Gasteiger partial charge in [0.25, 0.3) is 5.91 Å². The van der Waals surface area contributed by atoms with Crippen LogP contribution in [0.2, 0.25) is 0 Å². The van der Waals surface area contributed by atoms with E-state index in [1.807, 2.05) is 0 Å². The summed E-state index contributed by atoms with van der Waals surface area (Å²) >= 11 is 0. The maximum absolute atomic E-state index is 12.8. The molecule has 5 heteroatoms. The summed E-state index contributed by atoms with van der Waals surface area (Å²) in [6.45, 7) is 3.91. The van der Waals surface area contributed by atoms with Crippen LogP contribution in [0.15, 0.2) is 77.7 Å². The van der Waals surface area contributed by atoms with Crippen molar-refractivity contribution in [3.8, 4) is 0 Å². The molecule has 0 saturated heterocycles. The minimum Gasteiger partial charge on any atom is -0.352 e. The number of amides is 1. The maximum atomic E-state index is 12.8. The van der Waals surface area contributed by atoms with E-state index in [9.17, 15) is 13.2 Å². The zero-order valence-corrected chi connectivity index (χ0v) is 19.1. The Kier molecular flexibility index (Phi) is 5.17. The number of sulfone groups is 1. The van der Waals surface area contributed by atoms with E-state index in [1.54, 1.807) is 26.0 Å². The van der Waals surface area contributed by atoms with Crippen LogP contribution in [-0.4, -0.2) is 26.1 Å². The molecule has 1 unspecified atom stereocenters. The van der Waals surface area contributed by atoms with Gasteiger partial charge in [0.1, 0.15) is 0 Å². The molecule has 3 aliphatic rings. The second-order valence-electron chi connectivity index (χ2n) is 9.11. The van der Waals surface area contributed by atoms with Gasteiger partial charge in [0.15, 0.2) is 9.84 Å². The third-order valence-corrected chi connectivity index (χ3v) is 9.18. The molecule has 4 nitrogen and oxygen atoms in total. The van der Waals surface area contributed by atoms with Crippen LogP contribution < -0.4 is 5.32 Å². The minimum atomic E-state index is -3.34. The van der Waals surface area contributed by atoms with Gasteiger partial charge in [0, 0.05) is 23.9 Å². The highest BCUT2D eigenvalue weighted by atomic mass is 32.2. The largest absolute Gasteiger partial charge is 0.352 e. The molecule has 3 aliphatic carbocycles.